The molecule has 150 valence electrons. The van der Waals surface area contributed by atoms with Crippen molar-refractivity contribution in [3.05, 3.63) is 102 Å². The molecular weight excluding hydrogens is 390 g/mol. The Morgan fingerprint density at radius 3 is 2.55 bits per heavy atom. The van der Waals surface area contributed by atoms with E-state index in [9.17, 15) is 9.59 Å². The number of carbonyl (C=O) groups is 2. The molecule has 2 heterocycles. The summed E-state index contributed by atoms with van der Waals surface area (Å²) in [7, 11) is 0. The van der Waals surface area contributed by atoms with Crippen molar-refractivity contribution in [1.82, 2.24) is 9.97 Å². The van der Waals surface area contributed by atoms with Gasteiger partial charge in [0.1, 0.15) is 5.69 Å². The van der Waals surface area contributed by atoms with Crippen LogP contribution in [0.4, 0.5) is 5.69 Å². The second-order valence-electron chi connectivity index (χ2n) is 6.77. The van der Waals surface area contributed by atoms with Crippen LogP contribution in [0, 0.1) is 11.8 Å². The zero-order valence-electron chi connectivity index (χ0n) is 16.4. The van der Waals surface area contributed by atoms with Gasteiger partial charge < -0.3 is 10.0 Å². The lowest BCUT2D eigenvalue weighted by Gasteiger charge is -2.19. The van der Waals surface area contributed by atoms with E-state index < -0.39 is 5.97 Å². The maximum Gasteiger partial charge on any atom is 0.354 e. The highest BCUT2D eigenvalue weighted by atomic mass is 16.4. The molecule has 0 spiro atoms. The van der Waals surface area contributed by atoms with Gasteiger partial charge in [-0.3, -0.25) is 9.78 Å². The highest BCUT2D eigenvalue weighted by molar-refractivity contribution is 5.85. The number of hydrogen-bond donors (Lipinski definition) is 1. The van der Waals surface area contributed by atoms with Gasteiger partial charge in [-0.25, -0.2) is 9.78 Å². The van der Waals surface area contributed by atoms with Gasteiger partial charge in [0, 0.05) is 28.9 Å². The SMILES string of the molecule is O=CN(Cc1cnc2ccccc2c1)c1ccccc1C#Cc1ccc(C(=O)O)nc1. The lowest BCUT2D eigenvalue weighted by atomic mass is 10.1. The van der Waals surface area contributed by atoms with Crippen molar-refractivity contribution in [2.24, 2.45) is 0 Å². The van der Waals surface area contributed by atoms with Crippen molar-refractivity contribution >= 4 is 29.0 Å². The molecular formula is C25H17N3O3. The van der Waals surface area contributed by atoms with Crippen molar-refractivity contribution in [3.8, 4) is 11.8 Å². The second kappa shape index (κ2) is 8.89. The van der Waals surface area contributed by atoms with E-state index in [0.29, 0.717) is 23.4 Å². The molecule has 6 nitrogen and oxygen atoms in total. The number of nitrogens with zero attached hydrogens (tertiary/aromatic N) is 3. The first-order valence-corrected chi connectivity index (χ1v) is 9.50. The third kappa shape index (κ3) is 4.57. The molecule has 0 saturated heterocycles. The van der Waals surface area contributed by atoms with Crippen molar-refractivity contribution in [2.75, 3.05) is 4.90 Å². The number of carboxylic acid groups (broad SMARTS) is 1. The quantitative estimate of drug-likeness (QED) is 0.401. The molecule has 31 heavy (non-hydrogen) atoms. The lowest BCUT2D eigenvalue weighted by Crippen LogP contribution is -2.21. The fraction of sp³-hybridized carbons (Fsp3) is 0.0400. The summed E-state index contributed by atoms with van der Waals surface area (Å²) in [5.74, 6) is 4.94. The Labute approximate surface area is 178 Å². The van der Waals surface area contributed by atoms with Crippen LogP contribution in [0.2, 0.25) is 0 Å². The molecule has 1 amide bonds. The maximum absolute atomic E-state index is 11.9. The minimum absolute atomic E-state index is 0.0397. The monoisotopic (exact) mass is 407 g/mol. The largest absolute Gasteiger partial charge is 0.477 e. The van der Waals surface area contributed by atoms with Crippen LogP contribution in [0.1, 0.15) is 27.2 Å². The maximum atomic E-state index is 11.9. The number of fused-ring (bicyclic) bond motifs is 1. The Morgan fingerprint density at radius 1 is 0.968 bits per heavy atom. The van der Waals surface area contributed by atoms with Gasteiger partial charge in [0.05, 0.1) is 17.7 Å². The molecule has 0 aliphatic carbocycles. The zero-order chi connectivity index (χ0) is 21.6. The number of anilines is 1. The summed E-state index contributed by atoms with van der Waals surface area (Å²) in [6, 6.07) is 20.2. The van der Waals surface area contributed by atoms with Gasteiger partial charge in [-0.05, 0) is 42.0 Å². The molecule has 1 N–H and O–H groups in total. The smallest absolute Gasteiger partial charge is 0.354 e. The number of hydrogen-bond acceptors (Lipinski definition) is 4. The molecule has 2 aromatic carbocycles. The average Bonchev–Trinajstić information content (AvgIpc) is 2.81. The van der Waals surface area contributed by atoms with Crippen molar-refractivity contribution in [3.63, 3.8) is 0 Å². The van der Waals surface area contributed by atoms with Crippen LogP contribution in [0.5, 0.6) is 0 Å². The lowest BCUT2D eigenvalue weighted by molar-refractivity contribution is -0.107. The minimum atomic E-state index is -1.09. The van der Waals surface area contributed by atoms with Crippen molar-refractivity contribution in [2.45, 2.75) is 6.54 Å². The number of para-hydroxylation sites is 2. The summed E-state index contributed by atoms with van der Waals surface area (Å²) in [6.45, 7) is 0.356. The summed E-state index contributed by atoms with van der Waals surface area (Å²) in [6.07, 6.45) is 3.96. The van der Waals surface area contributed by atoms with E-state index in [0.717, 1.165) is 22.9 Å². The number of amides is 1. The number of carbonyl (C=O) groups excluding carboxylic acids is 1. The van der Waals surface area contributed by atoms with Crippen LogP contribution in [-0.4, -0.2) is 27.5 Å². The number of aromatic nitrogens is 2. The topological polar surface area (TPSA) is 83.4 Å². The predicted molar refractivity (Wildman–Crippen MR) is 118 cm³/mol. The van der Waals surface area contributed by atoms with Crippen LogP contribution in [-0.2, 0) is 11.3 Å². The highest BCUT2D eigenvalue weighted by Gasteiger charge is 2.11. The molecule has 0 radical (unpaired) electrons. The van der Waals surface area contributed by atoms with E-state index in [1.54, 1.807) is 17.2 Å². The summed E-state index contributed by atoms with van der Waals surface area (Å²) in [5, 5.41) is 9.96. The average molecular weight is 407 g/mol. The van der Waals surface area contributed by atoms with E-state index in [-0.39, 0.29) is 5.69 Å². The highest BCUT2D eigenvalue weighted by Crippen LogP contribution is 2.22. The number of benzene rings is 2. The number of rotatable bonds is 5. The van der Waals surface area contributed by atoms with Crippen LogP contribution < -0.4 is 4.90 Å². The van der Waals surface area contributed by atoms with E-state index in [4.69, 9.17) is 5.11 Å². The summed E-state index contributed by atoms with van der Waals surface area (Å²) >= 11 is 0. The van der Waals surface area contributed by atoms with Crippen LogP contribution in [0.3, 0.4) is 0 Å². The first kappa shape index (κ1) is 19.8. The van der Waals surface area contributed by atoms with Crippen LogP contribution >= 0.6 is 0 Å². The molecule has 2 aromatic heterocycles. The van der Waals surface area contributed by atoms with Crippen LogP contribution in [0.15, 0.2) is 79.1 Å². The standard InChI is InChI=1S/C25H17N3O3/c29-17-28(16-19-13-21-6-1-3-7-22(21)26-15-19)24-8-4-2-5-20(24)11-9-18-10-12-23(25(30)31)27-14-18/h1-8,10,12-15,17H,16H2,(H,30,31). The van der Waals surface area contributed by atoms with E-state index in [1.807, 2.05) is 54.6 Å². The Hall–Kier alpha value is -4.50. The molecule has 4 rings (SSSR count). The van der Waals surface area contributed by atoms with Gasteiger partial charge in [-0.1, -0.05) is 42.2 Å². The minimum Gasteiger partial charge on any atom is -0.477 e. The summed E-state index contributed by atoms with van der Waals surface area (Å²) in [5.41, 5.74) is 3.69. The molecule has 0 saturated carbocycles. The first-order chi connectivity index (χ1) is 15.1. The Morgan fingerprint density at radius 2 is 1.77 bits per heavy atom. The van der Waals surface area contributed by atoms with Gasteiger partial charge in [0.15, 0.2) is 0 Å². The summed E-state index contributed by atoms with van der Waals surface area (Å²) in [4.78, 5) is 32.7. The first-order valence-electron chi connectivity index (χ1n) is 9.50. The molecule has 0 unspecified atom stereocenters. The molecule has 4 aromatic rings. The van der Waals surface area contributed by atoms with Gasteiger partial charge >= 0.3 is 5.97 Å². The molecule has 0 atom stereocenters. The third-order valence-electron chi connectivity index (χ3n) is 4.66. The molecule has 0 fully saturated rings. The summed E-state index contributed by atoms with van der Waals surface area (Å²) < 4.78 is 0. The number of pyridine rings is 2. The molecule has 6 heteroatoms. The predicted octanol–water partition coefficient (Wildman–Crippen LogP) is 3.89. The normalized spacial score (nSPS) is 10.2. The Kier molecular flexibility index (Phi) is 5.68. The molecule has 0 aliphatic heterocycles. The second-order valence-corrected chi connectivity index (χ2v) is 6.77. The fourth-order valence-electron chi connectivity index (χ4n) is 3.14. The fourth-order valence-corrected chi connectivity index (χ4v) is 3.14. The molecule has 0 bridgehead atoms. The molecule has 0 aliphatic rings. The van der Waals surface area contributed by atoms with Crippen LogP contribution in [0.25, 0.3) is 10.9 Å². The van der Waals surface area contributed by atoms with E-state index >= 15 is 0 Å². The zero-order valence-corrected chi connectivity index (χ0v) is 16.4. The van der Waals surface area contributed by atoms with Gasteiger partial charge in [0.2, 0.25) is 6.41 Å². The number of carboxylic acids is 1. The van der Waals surface area contributed by atoms with Gasteiger partial charge in [-0.2, -0.15) is 0 Å². The van der Waals surface area contributed by atoms with Crippen molar-refractivity contribution < 1.29 is 14.7 Å². The van der Waals surface area contributed by atoms with Crippen molar-refractivity contribution in [1.29, 1.82) is 0 Å². The third-order valence-corrected chi connectivity index (χ3v) is 4.66. The van der Waals surface area contributed by atoms with E-state index in [2.05, 4.69) is 21.8 Å². The van der Waals surface area contributed by atoms with E-state index in [1.165, 1.54) is 12.3 Å². The van der Waals surface area contributed by atoms with Gasteiger partial charge in [-0.15, -0.1) is 0 Å². The van der Waals surface area contributed by atoms with Gasteiger partial charge in [0.25, 0.3) is 0 Å². The Balaban J connectivity index is 1.61. The number of aromatic carboxylic acids is 1. The Bertz CT molecular complexity index is 1320.